The molecule has 0 spiro atoms. The maximum atomic E-state index is 13.3. The van der Waals surface area contributed by atoms with Crippen molar-refractivity contribution in [3.63, 3.8) is 0 Å². The Hall–Kier alpha value is -3.29. The Morgan fingerprint density at radius 2 is 1.59 bits per heavy atom. The van der Waals surface area contributed by atoms with Crippen LogP contribution in [0.2, 0.25) is 0 Å². The smallest absolute Gasteiger partial charge is 0.311 e. The number of benzene rings is 2. The number of H-pyrrole nitrogens is 1. The third-order valence-electron chi connectivity index (χ3n) is 4.45. The highest BCUT2D eigenvalue weighted by Gasteiger charge is 2.30. The van der Waals surface area contributed by atoms with Crippen LogP contribution in [0, 0.1) is 12.7 Å². The van der Waals surface area contributed by atoms with E-state index < -0.39 is 34.8 Å². The van der Waals surface area contributed by atoms with Gasteiger partial charge in [0.1, 0.15) is 17.3 Å². The van der Waals surface area contributed by atoms with Gasteiger partial charge in [-0.15, -0.1) is 0 Å². The summed E-state index contributed by atoms with van der Waals surface area (Å²) < 4.78 is 51.9. The summed E-state index contributed by atoms with van der Waals surface area (Å²) in [5.74, 6) is -1.29. The number of hydrogen-bond acceptors (Lipinski definition) is 3. The summed E-state index contributed by atoms with van der Waals surface area (Å²) in [5.41, 5.74) is -0.308. The first kappa shape index (κ1) is 20.4. The van der Waals surface area contributed by atoms with Crippen LogP contribution in [0.5, 0.6) is 0 Å². The van der Waals surface area contributed by atoms with Crippen molar-refractivity contribution >= 4 is 5.78 Å². The summed E-state index contributed by atoms with van der Waals surface area (Å²) >= 11 is 0. The van der Waals surface area contributed by atoms with Gasteiger partial charge < -0.3 is 4.98 Å². The molecule has 0 saturated heterocycles. The maximum Gasteiger partial charge on any atom is 0.416 e. The first-order valence-electron chi connectivity index (χ1n) is 8.67. The number of hydrogen-bond donors (Lipinski definition) is 1. The molecule has 3 rings (SSSR count). The quantitative estimate of drug-likeness (QED) is 0.498. The van der Waals surface area contributed by atoms with Gasteiger partial charge in [-0.05, 0) is 42.3 Å². The molecule has 1 unspecified atom stereocenters. The Morgan fingerprint density at radius 1 is 1.03 bits per heavy atom. The topological polar surface area (TPSA) is 62.8 Å². The SMILES string of the molecule is Cc1nc(C(=O)CC(c2ccc(F)cc2)c2ccc(C(F)(F)F)cc2)cc(=O)[nH]1. The number of alkyl halides is 3. The van der Waals surface area contributed by atoms with E-state index in [2.05, 4.69) is 9.97 Å². The second kappa shape index (κ2) is 7.98. The van der Waals surface area contributed by atoms with Crippen molar-refractivity contribution in [2.75, 3.05) is 0 Å². The van der Waals surface area contributed by atoms with E-state index in [-0.39, 0.29) is 17.9 Å². The molecule has 0 aliphatic heterocycles. The van der Waals surface area contributed by atoms with Crippen LogP contribution in [0.3, 0.4) is 0 Å². The van der Waals surface area contributed by atoms with E-state index in [0.717, 1.165) is 18.2 Å². The first-order valence-corrected chi connectivity index (χ1v) is 8.67. The summed E-state index contributed by atoms with van der Waals surface area (Å²) in [6.07, 6.45) is -4.63. The van der Waals surface area contributed by atoms with E-state index in [1.807, 2.05) is 0 Å². The maximum absolute atomic E-state index is 13.3. The zero-order valence-electron chi connectivity index (χ0n) is 15.3. The monoisotopic (exact) mass is 404 g/mol. The van der Waals surface area contributed by atoms with Gasteiger partial charge in [-0.3, -0.25) is 9.59 Å². The average Bonchev–Trinajstić information content (AvgIpc) is 2.65. The number of aromatic nitrogens is 2. The predicted molar refractivity (Wildman–Crippen MR) is 98.2 cm³/mol. The third-order valence-corrected chi connectivity index (χ3v) is 4.45. The van der Waals surface area contributed by atoms with E-state index in [1.165, 1.54) is 43.3 Å². The zero-order chi connectivity index (χ0) is 21.2. The number of nitrogens with zero attached hydrogens (tertiary/aromatic N) is 1. The van der Waals surface area contributed by atoms with Gasteiger partial charge in [0.05, 0.1) is 5.56 Å². The van der Waals surface area contributed by atoms with Crippen molar-refractivity contribution in [1.29, 1.82) is 0 Å². The minimum Gasteiger partial charge on any atom is -0.311 e. The van der Waals surface area contributed by atoms with Crippen molar-refractivity contribution in [1.82, 2.24) is 9.97 Å². The number of ketones is 1. The van der Waals surface area contributed by atoms with E-state index in [4.69, 9.17) is 0 Å². The average molecular weight is 404 g/mol. The summed E-state index contributed by atoms with van der Waals surface area (Å²) in [5, 5.41) is 0. The summed E-state index contributed by atoms with van der Waals surface area (Å²) in [7, 11) is 0. The van der Waals surface area contributed by atoms with Crippen LogP contribution in [0.25, 0.3) is 0 Å². The summed E-state index contributed by atoms with van der Waals surface area (Å²) in [6, 6.07) is 10.9. The highest BCUT2D eigenvalue weighted by atomic mass is 19.4. The highest BCUT2D eigenvalue weighted by Crippen LogP contribution is 2.33. The Morgan fingerprint density at radius 3 is 2.10 bits per heavy atom. The molecule has 1 heterocycles. The molecule has 150 valence electrons. The van der Waals surface area contributed by atoms with Crippen molar-refractivity contribution in [3.8, 4) is 0 Å². The lowest BCUT2D eigenvalue weighted by atomic mass is 9.86. The normalized spacial score (nSPS) is 12.6. The van der Waals surface area contributed by atoms with E-state index in [0.29, 0.717) is 11.1 Å². The molecule has 0 aliphatic rings. The van der Waals surface area contributed by atoms with Crippen LogP contribution in [-0.4, -0.2) is 15.8 Å². The molecule has 3 aromatic rings. The van der Waals surface area contributed by atoms with Gasteiger partial charge in [-0.2, -0.15) is 13.2 Å². The lowest BCUT2D eigenvalue weighted by molar-refractivity contribution is -0.137. The highest BCUT2D eigenvalue weighted by molar-refractivity contribution is 5.95. The van der Waals surface area contributed by atoms with Crippen molar-refractivity contribution in [3.05, 3.63) is 99.0 Å². The molecule has 1 N–H and O–H groups in total. The Labute approximate surface area is 163 Å². The van der Waals surface area contributed by atoms with Crippen LogP contribution >= 0.6 is 0 Å². The molecule has 2 aromatic carbocycles. The number of Topliss-reactive ketones (excluding diaryl/α,β-unsaturated/α-hetero) is 1. The second-order valence-corrected chi connectivity index (χ2v) is 6.57. The van der Waals surface area contributed by atoms with Crippen molar-refractivity contribution in [2.24, 2.45) is 0 Å². The van der Waals surface area contributed by atoms with Gasteiger partial charge in [0, 0.05) is 18.4 Å². The van der Waals surface area contributed by atoms with Crippen molar-refractivity contribution in [2.45, 2.75) is 25.4 Å². The molecule has 0 amide bonds. The first-order chi connectivity index (χ1) is 13.6. The lowest BCUT2D eigenvalue weighted by Crippen LogP contribution is -2.16. The minimum atomic E-state index is -4.48. The third kappa shape index (κ3) is 4.96. The second-order valence-electron chi connectivity index (χ2n) is 6.57. The molecule has 0 fully saturated rings. The number of aryl methyl sites for hydroxylation is 1. The van der Waals surface area contributed by atoms with E-state index in [1.54, 1.807) is 0 Å². The number of nitrogens with one attached hydrogen (secondary N) is 1. The van der Waals surface area contributed by atoms with Crippen LogP contribution in [-0.2, 0) is 6.18 Å². The number of carbonyl (C=O) groups excluding carboxylic acids is 1. The van der Waals surface area contributed by atoms with Gasteiger partial charge in [-0.25, -0.2) is 9.37 Å². The molecule has 0 saturated carbocycles. The standard InChI is InChI=1S/C21H16F4N2O2/c1-12-26-18(11-20(29)27-12)19(28)10-17(14-4-8-16(22)9-5-14)13-2-6-15(7-3-13)21(23,24)25/h2-9,11,17H,10H2,1H3,(H,26,27,29). The van der Waals surface area contributed by atoms with Crippen LogP contribution in [0.4, 0.5) is 17.6 Å². The molecule has 0 aliphatic carbocycles. The van der Waals surface area contributed by atoms with Crippen LogP contribution < -0.4 is 5.56 Å². The molecule has 0 radical (unpaired) electrons. The molecule has 4 nitrogen and oxygen atoms in total. The van der Waals surface area contributed by atoms with Crippen molar-refractivity contribution < 1.29 is 22.4 Å². The fourth-order valence-electron chi connectivity index (χ4n) is 3.04. The molecule has 0 bridgehead atoms. The summed E-state index contributed by atoms with van der Waals surface area (Å²) in [4.78, 5) is 30.8. The van der Waals surface area contributed by atoms with Gasteiger partial charge in [0.2, 0.25) is 0 Å². The van der Waals surface area contributed by atoms with Gasteiger partial charge in [0.25, 0.3) is 5.56 Å². The molecule has 29 heavy (non-hydrogen) atoms. The molecule has 8 heteroatoms. The van der Waals surface area contributed by atoms with E-state index >= 15 is 0 Å². The Kier molecular flexibility index (Phi) is 5.63. The number of carbonyl (C=O) groups is 1. The largest absolute Gasteiger partial charge is 0.416 e. The van der Waals surface area contributed by atoms with Crippen LogP contribution in [0.15, 0.2) is 59.4 Å². The lowest BCUT2D eigenvalue weighted by Gasteiger charge is -2.18. The zero-order valence-corrected chi connectivity index (χ0v) is 15.3. The minimum absolute atomic E-state index is 0.0368. The fourth-order valence-corrected chi connectivity index (χ4v) is 3.04. The number of rotatable bonds is 5. The molecule has 1 atom stereocenters. The van der Waals surface area contributed by atoms with Gasteiger partial charge in [0.15, 0.2) is 5.78 Å². The number of halogens is 4. The van der Waals surface area contributed by atoms with Crippen LogP contribution in [0.1, 0.15) is 45.3 Å². The number of aromatic amines is 1. The predicted octanol–water partition coefficient (Wildman–Crippen LogP) is 4.64. The molecular weight excluding hydrogens is 388 g/mol. The van der Waals surface area contributed by atoms with Gasteiger partial charge >= 0.3 is 6.18 Å². The summed E-state index contributed by atoms with van der Waals surface area (Å²) in [6.45, 7) is 1.53. The molecule has 1 aromatic heterocycles. The van der Waals surface area contributed by atoms with E-state index in [9.17, 15) is 27.2 Å². The fraction of sp³-hybridized carbons (Fsp3) is 0.190. The van der Waals surface area contributed by atoms with Gasteiger partial charge in [-0.1, -0.05) is 24.3 Å². The Balaban J connectivity index is 1.98. The molecular formula is C21H16F4N2O2. The Bertz CT molecular complexity index is 1070.